The second-order valence-electron chi connectivity index (χ2n) is 19.5. The number of allylic oxidation sites excluding steroid dienone is 12. The number of hydrogen-bond acceptors (Lipinski definition) is 6. The largest absolute Gasteiger partial charge is 0.462 e. The number of carbonyl (C=O) groups is 3. The molecular weight excluding hydrogens is 853 g/mol. The number of ether oxygens (including phenoxy) is 3. The summed E-state index contributed by atoms with van der Waals surface area (Å²) >= 11 is 0. The van der Waals surface area contributed by atoms with Crippen molar-refractivity contribution in [2.45, 2.75) is 297 Å². The predicted molar refractivity (Wildman–Crippen MR) is 298 cm³/mol. The lowest BCUT2D eigenvalue weighted by atomic mass is 10.0. The van der Waals surface area contributed by atoms with Crippen LogP contribution >= 0.6 is 0 Å². The number of rotatable bonds is 53. The lowest BCUT2D eigenvalue weighted by Gasteiger charge is -2.18. The van der Waals surface area contributed by atoms with E-state index < -0.39 is 6.10 Å². The van der Waals surface area contributed by atoms with Crippen molar-refractivity contribution in [1.82, 2.24) is 0 Å². The monoisotopic (exact) mass is 963 g/mol. The van der Waals surface area contributed by atoms with Crippen molar-refractivity contribution < 1.29 is 28.6 Å². The Kier molecular flexibility index (Phi) is 54.8. The van der Waals surface area contributed by atoms with Crippen molar-refractivity contribution >= 4 is 17.9 Å². The summed E-state index contributed by atoms with van der Waals surface area (Å²) in [5.41, 5.74) is 0. The van der Waals surface area contributed by atoms with E-state index in [4.69, 9.17) is 14.2 Å². The average molecular weight is 964 g/mol. The molecule has 0 aliphatic heterocycles. The molecule has 0 heterocycles. The van der Waals surface area contributed by atoms with Gasteiger partial charge in [-0.2, -0.15) is 0 Å². The van der Waals surface area contributed by atoms with E-state index in [1.165, 1.54) is 161 Å². The minimum absolute atomic E-state index is 0.0755. The van der Waals surface area contributed by atoms with Gasteiger partial charge in [0, 0.05) is 19.3 Å². The van der Waals surface area contributed by atoms with Crippen molar-refractivity contribution in [1.29, 1.82) is 0 Å². The molecule has 0 fully saturated rings. The Morgan fingerprint density at radius 3 is 0.913 bits per heavy atom. The normalized spacial score (nSPS) is 12.6. The van der Waals surface area contributed by atoms with Gasteiger partial charge in [-0.25, -0.2) is 0 Å². The summed E-state index contributed by atoms with van der Waals surface area (Å²) in [7, 11) is 0. The van der Waals surface area contributed by atoms with Gasteiger partial charge in [0.25, 0.3) is 0 Å². The predicted octanol–water partition coefficient (Wildman–Crippen LogP) is 19.8. The number of hydrogen-bond donors (Lipinski definition) is 0. The second kappa shape index (κ2) is 57.4. The first kappa shape index (κ1) is 65.8. The summed E-state index contributed by atoms with van der Waals surface area (Å²) in [4.78, 5) is 38.0. The maximum atomic E-state index is 12.8. The molecule has 1 unspecified atom stereocenters. The summed E-state index contributed by atoms with van der Waals surface area (Å²) in [6.07, 6.45) is 73.4. The van der Waals surface area contributed by atoms with Crippen molar-refractivity contribution in [3.63, 3.8) is 0 Å². The molecule has 0 radical (unpaired) electrons. The van der Waals surface area contributed by atoms with E-state index >= 15 is 0 Å². The molecule has 0 saturated carbocycles. The molecule has 0 bridgehead atoms. The van der Waals surface area contributed by atoms with E-state index in [9.17, 15) is 14.4 Å². The molecule has 6 nitrogen and oxygen atoms in total. The third-order valence-corrected chi connectivity index (χ3v) is 12.7. The Labute approximate surface area is 427 Å². The Hall–Kier alpha value is -3.15. The fourth-order valence-electron chi connectivity index (χ4n) is 8.29. The number of esters is 3. The molecule has 0 amide bonds. The highest BCUT2D eigenvalue weighted by molar-refractivity contribution is 5.71. The summed E-state index contributed by atoms with van der Waals surface area (Å²) in [5.74, 6) is -0.879. The van der Waals surface area contributed by atoms with Crippen LogP contribution in [0.1, 0.15) is 290 Å². The molecule has 6 heteroatoms. The zero-order valence-corrected chi connectivity index (χ0v) is 45.6. The zero-order valence-electron chi connectivity index (χ0n) is 45.6. The minimum Gasteiger partial charge on any atom is -0.462 e. The van der Waals surface area contributed by atoms with Crippen LogP contribution in [0.25, 0.3) is 0 Å². The minimum atomic E-state index is -0.775. The number of unbranched alkanes of at least 4 members (excludes halogenated alkanes) is 30. The summed E-state index contributed by atoms with van der Waals surface area (Å²) in [6, 6.07) is 0. The van der Waals surface area contributed by atoms with Gasteiger partial charge in [-0.05, 0) is 89.9 Å². The van der Waals surface area contributed by atoms with Crippen LogP contribution in [0, 0.1) is 0 Å². The maximum Gasteiger partial charge on any atom is 0.306 e. The van der Waals surface area contributed by atoms with Crippen LogP contribution in [0.15, 0.2) is 72.9 Å². The maximum absolute atomic E-state index is 12.8. The Balaban J connectivity index is 4.16. The first-order chi connectivity index (χ1) is 34.0. The van der Waals surface area contributed by atoms with Crippen LogP contribution in [0.2, 0.25) is 0 Å². The molecule has 0 aliphatic rings. The third-order valence-electron chi connectivity index (χ3n) is 12.7. The Morgan fingerprint density at radius 1 is 0.304 bits per heavy atom. The molecule has 1 atom stereocenters. The molecule has 0 spiro atoms. The van der Waals surface area contributed by atoms with E-state index in [1.54, 1.807) is 0 Å². The topological polar surface area (TPSA) is 78.9 Å². The van der Waals surface area contributed by atoms with Crippen LogP contribution < -0.4 is 0 Å². The smallest absolute Gasteiger partial charge is 0.306 e. The third kappa shape index (κ3) is 55.6. The van der Waals surface area contributed by atoms with E-state index in [2.05, 4.69) is 93.7 Å². The van der Waals surface area contributed by atoms with Gasteiger partial charge in [0.15, 0.2) is 6.10 Å². The van der Waals surface area contributed by atoms with Crippen molar-refractivity contribution in [2.75, 3.05) is 13.2 Å². The standard InChI is InChI=1S/C63H110O6/c1-4-7-10-13-16-18-20-22-24-26-28-29-30-31-32-33-35-36-38-40-42-44-47-50-53-56-62(65)68-59-60(58-67-61(64)55-52-49-46-15-12-9-6-3)69-63(66)57-54-51-48-45-43-41-39-37-34-27-25-23-21-19-17-14-11-8-5-2/h7,10,16-19,22-25,28-29,60H,4-6,8-9,11-15,20-21,26-27,30-59H2,1-3H3/b10-7-,18-16-,19-17-,24-22-,25-23-,29-28-. The van der Waals surface area contributed by atoms with Gasteiger partial charge >= 0.3 is 17.9 Å². The van der Waals surface area contributed by atoms with Crippen molar-refractivity contribution in [3.05, 3.63) is 72.9 Å². The first-order valence-corrected chi connectivity index (χ1v) is 29.4. The van der Waals surface area contributed by atoms with Gasteiger partial charge in [0.05, 0.1) is 0 Å². The second-order valence-corrected chi connectivity index (χ2v) is 19.5. The quantitative estimate of drug-likeness (QED) is 0.0262. The van der Waals surface area contributed by atoms with E-state index in [1.807, 2.05) is 0 Å². The first-order valence-electron chi connectivity index (χ1n) is 29.4. The molecule has 0 aromatic rings. The molecule has 69 heavy (non-hydrogen) atoms. The lowest BCUT2D eigenvalue weighted by Crippen LogP contribution is -2.30. The highest BCUT2D eigenvalue weighted by Gasteiger charge is 2.19. The molecule has 0 rings (SSSR count). The zero-order chi connectivity index (χ0) is 50.0. The highest BCUT2D eigenvalue weighted by Crippen LogP contribution is 2.16. The Morgan fingerprint density at radius 2 is 0.565 bits per heavy atom. The fraction of sp³-hybridized carbons (Fsp3) is 0.762. The van der Waals surface area contributed by atoms with E-state index in [-0.39, 0.29) is 31.1 Å². The molecule has 0 N–H and O–H groups in total. The summed E-state index contributed by atoms with van der Waals surface area (Å²) in [6.45, 7) is 6.48. The molecule has 0 saturated heterocycles. The van der Waals surface area contributed by atoms with Gasteiger partial charge in [-0.15, -0.1) is 0 Å². The summed E-state index contributed by atoms with van der Waals surface area (Å²) in [5, 5.41) is 0. The van der Waals surface area contributed by atoms with Gasteiger partial charge in [0.2, 0.25) is 0 Å². The SMILES string of the molecule is CC/C=C\C/C=C\C/C=C\C/C=C\CCCCCCCCCCCCCCC(=O)OCC(COC(=O)CCCCCCCCC)OC(=O)CCCCCCCCCCC/C=C\C/C=C\CCCCC. The van der Waals surface area contributed by atoms with E-state index in [0.717, 1.165) is 89.9 Å². The molecule has 398 valence electrons. The molecule has 0 aromatic carbocycles. The van der Waals surface area contributed by atoms with Gasteiger partial charge < -0.3 is 14.2 Å². The van der Waals surface area contributed by atoms with Crippen LogP contribution in [-0.4, -0.2) is 37.2 Å². The molecule has 0 aromatic heterocycles. The van der Waals surface area contributed by atoms with Crippen LogP contribution in [-0.2, 0) is 28.6 Å². The van der Waals surface area contributed by atoms with Crippen LogP contribution in [0.5, 0.6) is 0 Å². The summed E-state index contributed by atoms with van der Waals surface area (Å²) < 4.78 is 16.8. The Bertz CT molecular complexity index is 1290. The van der Waals surface area contributed by atoms with Crippen molar-refractivity contribution in [2.24, 2.45) is 0 Å². The lowest BCUT2D eigenvalue weighted by molar-refractivity contribution is -0.167. The van der Waals surface area contributed by atoms with Gasteiger partial charge in [0.1, 0.15) is 13.2 Å². The molecular formula is C63H110O6. The fourth-order valence-corrected chi connectivity index (χ4v) is 8.29. The number of carbonyl (C=O) groups excluding carboxylic acids is 3. The van der Waals surface area contributed by atoms with Gasteiger partial charge in [-0.3, -0.25) is 14.4 Å². The van der Waals surface area contributed by atoms with Crippen LogP contribution in [0.3, 0.4) is 0 Å². The average Bonchev–Trinajstić information content (AvgIpc) is 3.35. The van der Waals surface area contributed by atoms with E-state index in [0.29, 0.717) is 19.3 Å². The van der Waals surface area contributed by atoms with Crippen LogP contribution in [0.4, 0.5) is 0 Å². The van der Waals surface area contributed by atoms with Gasteiger partial charge in [-0.1, -0.05) is 254 Å². The molecule has 0 aliphatic carbocycles. The highest BCUT2D eigenvalue weighted by atomic mass is 16.6. The van der Waals surface area contributed by atoms with Crippen molar-refractivity contribution in [3.8, 4) is 0 Å².